The second-order valence-electron chi connectivity index (χ2n) is 4.28. The smallest absolute Gasteiger partial charge is 0.206 e. The van der Waals surface area contributed by atoms with Crippen LogP contribution < -0.4 is 14.2 Å². The number of nitrogens with zero attached hydrogens (tertiary/aromatic N) is 1. The van der Waals surface area contributed by atoms with Gasteiger partial charge in [-0.05, 0) is 26.0 Å². The number of terminal acetylenes is 3. The van der Waals surface area contributed by atoms with Crippen LogP contribution in [0.4, 0.5) is 5.69 Å². The molecule has 0 atom stereocenters. The average molecular weight is 295 g/mol. The van der Waals surface area contributed by atoms with Crippen molar-refractivity contribution in [2.24, 2.45) is 4.99 Å². The van der Waals surface area contributed by atoms with Gasteiger partial charge < -0.3 is 14.2 Å². The number of hydrogen-bond donors (Lipinski definition) is 0. The number of benzene rings is 1. The van der Waals surface area contributed by atoms with Gasteiger partial charge >= 0.3 is 0 Å². The summed E-state index contributed by atoms with van der Waals surface area (Å²) in [7, 11) is 0. The molecule has 1 aromatic carbocycles. The molecule has 112 valence electrons. The van der Waals surface area contributed by atoms with Crippen LogP contribution in [-0.2, 0) is 0 Å². The van der Waals surface area contributed by atoms with E-state index in [2.05, 4.69) is 22.8 Å². The molecule has 0 aliphatic rings. The third kappa shape index (κ3) is 4.82. The highest BCUT2D eigenvalue weighted by Crippen LogP contribution is 2.44. The monoisotopic (exact) mass is 295 g/mol. The second-order valence-corrected chi connectivity index (χ2v) is 4.28. The zero-order valence-electron chi connectivity index (χ0n) is 12.7. The lowest BCUT2D eigenvalue weighted by Crippen LogP contribution is -2.04. The van der Waals surface area contributed by atoms with Gasteiger partial charge in [-0.15, -0.1) is 19.3 Å². The highest BCUT2D eigenvalue weighted by atomic mass is 16.5. The van der Waals surface area contributed by atoms with Gasteiger partial charge in [0.25, 0.3) is 0 Å². The maximum absolute atomic E-state index is 5.57. The number of aliphatic imine (C=N–C) groups is 1. The molecule has 0 bridgehead atoms. The summed E-state index contributed by atoms with van der Waals surface area (Å²) in [6, 6.07) is 3.45. The Labute approximate surface area is 131 Å². The third-order valence-corrected chi connectivity index (χ3v) is 2.31. The first kappa shape index (κ1) is 17.0. The predicted octanol–water partition coefficient (Wildman–Crippen LogP) is 2.83. The van der Waals surface area contributed by atoms with Gasteiger partial charge in [0.05, 0.1) is 0 Å². The number of rotatable bonds is 7. The fourth-order valence-electron chi connectivity index (χ4n) is 1.60. The Hall–Kier alpha value is -3.03. The average Bonchev–Trinajstić information content (AvgIpc) is 2.50. The zero-order chi connectivity index (χ0) is 16.4. The molecule has 0 N–H and O–H groups in total. The molecule has 0 heterocycles. The van der Waals surface area contributed by atoms with Crippen LogP contribution in [0.1, 0.15) is 13.8 Å². The van der Waals surface area contributed by atoms with E-state index in [0.717, 1.165) is 5.71 Å². The molecule has 0 aromatic heterocycles. The molecule has 0 saturated carbocycles. The lowest BCUT2D eigenvalue weighted by Gasteiger charge is -2.16. The molecule has 4 heteroatoms. The summed E-state index contributed by atoms with van der Waals surface area (Å²) in [6.45, 7) is 3.95. The first-order valence-electron chi connectivity index (χ1n) is 6.51. The third-order valence-electron chi connectivity index (χ3n) is 2.31. The van der Waals surface area contributed by atoms with Crippen LogP contribution in [0.15, 0.2) is 17.1 Å². The standard InChI is InChI=1S/C18H17NO3/c1-6-11-20-16-10-9-15(19-14(4)5)17(21-12-7-2)18(16)22-13-8-3/h1-3,9-10H,11-13H2,4-5H3. The molecule has 1 rings (SSSR count). The highest BCUT2D eigenvalue weighted by Gasteiger charge is 2.17. The highest BCUT2D eigenvalue weighted by molar-refractivity contribution is 5.84. The molecule has 0 spiro atoms. The van der Waals surface area contributed by atoms with E-state index in [0.29, 0.717) is 22.9 Å². The number of hydrogen-bond acceptors (Lipinski definition) is 4. The molecule has 0 radical (unpaired) electrons. The maximum atomic E-state index is 5.57. The minimum atomic E-state index is 0.0527. The zero-order valence-corrected chi connectivity index (χ0v) is 12.7. The Morgan fingerprint density at radius 3 is 2.00 bits per heavy atom. The van der Waals surface area contributed by atoms with Gasteiger partial charge in [-0.25, -0.2) is 0 Å². The Kier molecular flexibility index (Phi) is 6.97. The summed E-state index contributed by atoms with van der Waals surface area (Å²) < 4.78 is 16.6. The predicted molar refractivity (Wildman–Crippen MR) is 87.9 cm³/mol. The van der Waals surface area contributed by atoms with Crippen molar-refractivity contribution in [1.82, 2.24) is 0 Å². The van der Waals surface area contributed by atoms with Crippen molar-refractivity contribution in [2.75, 3.05) is 19.8 Å². The van der Waals surface area contributed by atoms with E-state index in [1.165, 1.54) is 0 Å². The van der Waals surface area contributed by atoms with Crippen LogP contribution in [0.25, 0.3) is 0 Å². The van der Waals surface area contributed by atoms with Gasteiger partial charge in [0, 0.05) is 5.71 Å². The van der Waals surface area contributed by atoms with Crippen molar-refractivity contribution in [2.45, 2.75) is 13.8 Å². The van der Waals surface area contributed by atoms with Crippen LogP contribution in [0.2, 0.25) is 0 Å². The molecular formula is C18H17NO3. The molecule has 22 heavy (non-hydrogen) atoms. The van der Waals surface area contributed by atoms with E-state index in [1.54, 1.807) is 12.1 Å². The van der Waals surface area contributed by atoms with Crippen LogP contribution in [-0.4, -0.2) is 25.5 Å². The van der Waals surface area contributed by atoms with Crippen LogP contribution in [0.5, 0.6) is 17.2 Å². The Balaban J connectivity index is 3.37. The summed E-state index contributed by atoms with van der Waals surface area (Å²) in [5.41, 5.74) is 1.43. The van der Waals surface area contributed by atoms with Crippen molar-refractivity contribution in [1.29, 1.82) is 0 Å². The van der Waals surface area contributed by atoms with E-state index in [1.807, 2.05) is 13.8 Å². The summed E-state index contributed by atoms with van der Waals surface area (Å²) in [4.78, 5) is 4.40. The van der Waals surface area contributed by atoms with Gasteiger partial charge in [0.2, 0.25) is 5.75 Å². The van der Waals surface area contributed by atoms with Gasteiger partial charge in [-0.3, -0.25) is 4.99 Å². The van der Waals surface area contributed by atoms with Gasteiger partial charge in [0.1, 0.15) is 25.5 Å². The molecule has 0 fully saturated rings. The fraction of sp³-hybridized carbons (Fsp3) is 0.278. The summed E-state index contributed by atoms with van der Waals surface area (Å²) >= 11 is 0. The first-order chi connectivity index (χ1) is 10.6. The number of ether oxygens (including phenoxy) is 3. The Morgan fingerprint density at radius 1 is 0.909 bits per heavy atom. The van der Waals surface area contributed by atoms with Crippen molar-refractivity contribution in [3.63, 3.8) is 0 Å². The van der Waals surface area contributed by atoms with Gasteiger partial charge in [-0.1, -0.05) is 17.8 Å². The second kappa shape index (κ2) is 9.01. The SMILES string of the molecule is C#CCOc1ccc(N=C(C)C)c(OCC#C)c1OCC#C. The Bertz CT molecular complexity index is 665. The fourth-order valence-corrected chi connectivity index (χ4v) is 1.60. The van der Waals surface area contributed by atoms with Crippen molar-refractivity contribution in [3.8, 4) is 54.3 Å². The normalized spacial score (nSPS) is 8.86. The van der Waals surface area contributed by atoms with Crippen LogP contribution >= 0.6 is 0 Å². The van der Waals surface area contributed by atoms with E-state index < -0.39 is 0 Å². The summed E-state index contributed by atoms with van der Waals surface area (Å²) in [5, 5.41) is 0. The van der Waals surface area contributed by atoms with Gasteiger partial charge in [-0.2, -0.15) is 0 Å². The van der Waals surface area contributed by atoms with Crippen molar-refractivity contribution >= 4 is 11.4 Å². The van der Waals surface area contributed by atoms with E-state index in [-0.39, 0.29) is 19.8 Å². The molecule has 0 aliphatic heterocycles. The van der Waals surface area contributed by atoms with Gasteiger partial charge in [0.15, 0.2) is 11.5 Å². The topological polar surface area (TPSA) is 40.0 Å². The summed E-state index contributed by atoms with van der Waals surface area (Å²) in [5.74, 6) is 8.33. The minimum absolute atomic E-state index is 0.0527. The van der Waals surface area contributed by atoms with Crippen LogP contribution in [0, 0.1) is 37.0 Å². The van der Waals surface area contributed by atoms with E-state index in [4.69, 9.17) is 33.5 Å². The minimum Gasteiger partial charge on any atom is -0.477 e. The molecule has 4 nitrogen and oxygen atoms in total. The molecule has 0 aliphatic carbocycles. The largest absolute Gasteiger partial charge is 0.477 e. The first-order valence-corrected chi connectivity index (χ1v) is 6.51. The lowest BCUT2D eigenvalue weighted by molar-refractivity contribution is 0.287. The quantitative estimate of drug-likeness (QED) is 0.573. The summed E-state index contributed by atoms with van der Waals surface area (Å²) in [6.07, 6.45) is 15.7. The van der Waals surface area contributed by atoms with Crippen LogP contribution in [0.3, 0.4) is 0 Å². The molecule has 1 aromatic rings. The maximum Gasteiger partial charge on any atom is 0.206 e. The van der Waals surface area contributed by atoms with Crippen molar-refractivity contribution < 1.29 is 14.2 Å². The molecule has 0 unspecified atom stereocenters. The Morgan fingerprint density at radius 2 is 1.45 bits per heavy atom. The molecule has 0 saturated heterocycles. The molecular weight excluding hydrogens is 278 g/mol. The van der Waals surface area contributed by atoms with E-state index >= 15 is 0 Å². The molecule has 0 amide bonds. The van der Waals surface area contributed by atoms with Crippen molar-refractivity contribution in [3.05, 3.63) is 12.1 Å². The van der Waals surface area contributed by atoms with E-state index in [9.17, 15) is 0 Å². The lowest BCUT2D eigenvalue weighted by atomic mass is 10.2.